The molecule has 116 valence electrons. The zero-order valence-corrected chi connectivity index (χ0v) is 12.7. The Kier molecular flexibility index (Phi) is 4.37. The van der Waals surface area contributed by atoms with Crippen LogP contribution in [0.25, 0.3) is 0 Å². The smallest absolute Gasteiger partial charge is 0.410 e. The minimum absolute atomic E-state index is 0.187. The van der Waals surface area contributed by atoms with Crippen molar-refractivity contribution in [1.82, 2.24) is 9.47 Å². The number of hydrogen-bond donors (Lipinski definition) is 1. The summed E-state index contributed by atoms with van der Waals surface area (Å²) in [7, 11) is 0. The molecule has 2 rings (SSSR count). The summed E-state index contributed by atoms with van der Waals surface area (Å²) in [6.07, 6.45) is 0.993. The fourth-order valence-corrected chi connectivity index (χ4v) is 2.40. The van der Waals surface area contributed by atoms with Crippen LogP contribution < -0.4 is 5.56 Å². The second-order valence-corrected chi connectivity index (χ2v) is 6.30. The molecular weight excluding hydrogens is 272 g/mol. The van der Waals surface area contributed by atoms with Crippen molar-refractivity contribution in [2.24, 2.45) is 0 Å². The summed E-state index contributed by atoms with van der Waals surface area (Å²) in [6, 6.07) is 4.39. The van der Waals surface area contributed by atoms with E-state index in [1.807, 2.05) is 20.8 Å². The molecular formula is C15H22N2O4. The first-order valence-electron chi connectivity index (χ1n) is 7.11. The van der Waals surface area contributed by atoms with Gasteiger partial charge in [-0.05, 0) is 33.3 Å². The van der Waals surface area contributed by atoms with Gasteiger partial charge in [-0.25, -0.2) is 4.79 Å². The molecule has 21 heavy (non-hydrogen) atoms. The lowest BCUT2D eigenvalue weighted by Gasteiger charge is -2.37. The Hall–Kier alpha value is -1.82. The predicted octanol–water partition coefficient (Wildman–Crippen LogP) is 1.39. The summed E-state index contributed by atoms with van der Waals surface area (Å²) in [5, 5.41) is 10.1. The molecule has 1 fully saturated rings. The van der Waals surface area contributed by atoms with E-state index in [2.05, 4.69) is 0 Å². The normalized spacial score (nSPS) is 23.0. The number of aliphatic hydroxyl groups excluding tert-OH is 1. The predicted molar refractivity (Wildman–Crippen MR) is 78.2 cm³/mol. The molecule has 0 bridgehead atoms. The zero-order valence-electron chi connectivity index (χ0n) is 12.7. The van der Waals surface area contributed by atoms with Crippen molar-refractivity contribution in [3.63, 3.8) is 0 Å². The summed E-state index contributed by atoms with van der Waals surface area (Å²) >= 11 is 0. The van der Waals surface area contributed by atoms with Crippen molar-refractivity contribution in [2.75, 3.05) is 13.1 Å². The van der Waals surface area contributed by atoms with E-state index in [4.69, 9.17) is 4.74 Å². The molecule has 1 aliphatic rings. The van der Waals surface area contributed by atoms with Crippen LogP contribution in [-0.2, 0) is 4.74 Å². The van der Waals surface area contributed by atoms with Gasteiger partial charge in [0.2, 0.25) is 0 Å². The van der Waals surface area contributed by atoms with Crippen molar-refractivity contribution in [2.45, 2.75) is 44.9 Å². The van der Waals surface area contributed by atoms with E-state index in [9.17, 15) is 14.7 Å². The topological polar surface area (TPSA) is 71.8 Å². The van der Waals surface area contributed by atoms with Crippen LogP contribution in [0.4, 0.5) is 4.79 Å². The van der Waals surface area contributed by atoms with Crippen molar-refractivity contribution < 1.29 is 14.6 Å². The number of piperidine rings is 1. The lowest BCUT2D eigenvalue weighted by Crippen LogP contribution is -2.49. The van der Waals surface area contributed by atoms with Crippen LogP contribution in [0.2, 0.25) is 0 Å². The Morgan fingerprint density at radius 3 is 2.71 bits per heavy atom. The number of amides is 1. The second kappa shape index (κ2) is 5.89. The van der Waals surface area contributed by atoms with Crippen LogP contribution >= 0.6 is 0 Å². The molecule has 0 aromatic carbocycles. The Morgan fingerprint density at radius 1 is 1.38 bits per heavy atom. The highest BCUT2D eigenvalue weighted by atomic mass is 16.6. The second-order valence-electron chi connectivity index (χ2n) is 6.30. The number of carbonyl (C=O) groups is 1. The van der Waals surface area contributed by atoms with Gasteiger partial charge in [0, 0.05) is 25.4 Å². The van der Waals surface area contributed by atoms with Crippen molar-refractivity contribution >= 4 is 6.09 Å². The molecule has 1 amide bonds. The minimum atomic E-state index is -0.649. The minimum Gasteiger partial charge on any atom is -0.444 e. The van der Waals surface area contributed by atoms with Crippen LogP contribution in [0.5, 0.6) is 0 Å². The van der Waals surface area contributed by atoms with Crippen LogP contribution in [-0.4, -0.2) is 45.5 Å². The maximum Gasteiger partial charge on any atom is 0.410 e. The van der Waals surface area contributed by atoms with Gasteiger partial charge in [-0.15, -0.1) is 0 Å². The fourth-order valence-electron chi connectivity index (χ4n) is 2.40. The first kappa shape index (κ1) is 15.6. The third-order valence-electron chi connectivity index (χ3n) is 3.41. The number of carbonyl (C=O) groups excluding carboxylic acids is 1. The van der Waals surface area contributed by atoms with Gasteiger partial charge in [-0.2, -0.15) is 0 Å². The molecule has 2 heterocycles. The Labute approximate surface area is 123 Å². The number of nitrogens with zero attached hydrogens (tertiary/aromatic N) is 2. The summed E-state index contributed by atoms with van der Waals surface area (Å²) in [5.41, 5.74) is -0.751. The summed E-state index contributed by atoms with van der Waals surface area (Å²) < 4.78 is 6.82. The van der Waals surface area contributed by atoms with E-state index in [0.717, 1.165) is 0 Å². The Bertz CT molecular complexity index is 561. The zero-order chi connectivity index (χ0) is 15.6. The summed E-state index contributed by atoms with van der Waals surface area (Å²) in [4.78, 5) is 25.5. The van der Waals surface area contributed by atoms with Crippen LogP contribution in [0.1, 0.15) is 33.2 Å². The molecule has 1 aromatic rings. The van der Waals surface area contributed by atoms with Gasteiger partial charge in [-0.1, -0.05) is 6.07 Å². The van der Waals surface area contributed by atoms with Crippen molar-refractivity contribution in [3.8, 4) is 0 Å². The first-order valence-corrected chi connectivity index (χ1v) is 7.11. The quantitative estimate of drug-likeness (QED) is 0.849. The van der Waals surface area contributed by atoms with Gasteiger partial charge in [0.05, 0.1) is 12.1 Å². The SMILES string of the molecule is CC(C)(C)OC(=O)N1CCC(O)C(n2ccccc2=O)C1. The van der Waals surface area contributed by atoms with Crippen molar-refractivity contribution in [1.29, 1.82) is 0 Å². The van der Waals surface area contributed by atoms with E-state index in [1.165, 1.54) is 10.6 Å². The molecule has 2 unspecified atom stereocenters. The van der Waals surface area contributed by atoms with Gasteiger partial charge < -0.3 is 19.3 Å². The molecule has 0 saturated carbocycles. The average Bonchev–Trinajstić information content (AvgIpc) is 2.38. The largest absolute Gasteiger partial charge is 0.444 e. The third-order valence-corrected chi connectivity index (χ3v) is 3.41. The maximum atomic E-state index is 12.1. The molecule has 2 atom stereocenters. The van der Waals surface area contributed by atoms with Gasteiger partial charge in [0.15, 0.2) is 0 Å². The van der Waals surface area contributed by atoms with Crippen LogP contribution in [0.3, 0.4) is 0 Å². The summed E-state index contributed by atoms with van der Waals surface area (Å²) in [6.45, 7) is 6.11. The van der Waals surface area contributed by atoms with Gasteiger partial charge in [0.1, 0.15) is 5.60 Å². The highest BCUT2D eigenvalue weighted by molar-refractivity contribution is 5.68. The highest BCUT2D eigenvalue weighted by Gasteiger charge is 2.33. The monoisotopic (exact) mass is 294 g/mol. The van der Waals surface area contributed by atoms with Crippen LogP contribution in [0.15, 0.2) is 29.2 Å². The van der Waals surface area contributed by atoms with Gasteiger partial charge >= 0.3 is 6.09 Å². The molecule has 1 N–H and O–H groups in total. The standard InChI is InChI=1S/C15H22N2O4/c1-15(2,3)21-14(20)16-9-7-12(18)11(10-16)17-8-5-4-6-13(17)19/h4-6,8,11-12,18H,7,9-10H2,1-3H3. The number of likely N-dealkylation sites (tertiary alicyclic amines) is 1. The van der Waals surface area contributed by atoms with E-state index in [1.54, 1.807) is 23.2 Å². The third kappa shape index (κ3) is 3.85. The number of hydrogen-bond acceptors (Lipinski definition) is 4. The first-order chi connectivity index (χ1) is 9.78. The maximum absolute atomic E-state index is 12.1. The van der Waals surface area contributed by atoms with Crippen molar-refractivity contribution in [3.05, 3.63) is 34.7 Å². The molecule has 6 heteroatoms. The molecule has 0 radical (unpaired) electrons. The Morgan fingerprint density at radius 2 is 2.10 bits per heavy atom. The van der Waals surface area contributed by atoms with E-state index in [-0.39, 0.29) is 12.1 Å². The highest BCUT2D eigenvalue weighted by Crippen LogP contribution is 2.22. The molecule has 1 aromatic heterocycles. The molecule has 0 spiro atoms. The Balaban J connectivity index is 2.15. The number of aromatic nitrogens is 1. The molecule has 1 saturated heterocycles. The van der Waals surface area contributed by atoms with Gasteiger partial charge in [-0.3, -0.25) is 4.79 Å². The van der Waals surface area contributed by atoms with E-state index < -0.39 is 23.8 Å². The lowest BCUT2D eigenvalue weighted by atomic mass is 10.0. The molecule has 0 aliphatic carbocycles. The van der Waals surface area contributed by atoms with Crippen LogP contribution in [0, 0.1) is 0 Å². The number of aliphatic hydroxyl groups is 1. The van der Waals surface area contributed by atoms with E-state index in [0.29, 0.717) is 13.0 Å². The summed E-state index contributed by atoms with van der Waals surface area (Å²) in [5.74, 6) is 0. The lowest BCUT2D eigenvalue weighted by molar-refractivity contribution is -0.00602. The average molecular weight is 294 g/mol. The number of ether oxygens (including phenoxy) is 1. The van der Waals surface area contributed by atoms with Gasteiger partial charge in [0.25, 0.3) is 5.56 Å². The molecule has 6 nitrogen and oxygen atoms in total. The number of rotatable bonds is 1. The number of pyridine rings is 1. The molecule has 1 aliphatic heterocycles. The fraction of sp³-hybridized carbons (Fsp3) is 0.600. The van der Waals surface area contributed by atoms with E-state index >= 15 is 0 Å².